The summed E-state index contributed by atoms with van der Waals surface area (Å²) in [6.07, 6.45) is 4.29. The molecule has 0 bridgehead atoms. The number of hydrogen-bond acceptors (Lipinski definition) is 7. The quantitative estimate of drug-likeness (QED) is 0.0575. The standard InChI is InChI=1S/C47H42BrClN6O3/c1-3-5-26-40-50-44(49)42(46(56)57-29-6-4-2)54(40)31-32-27-28-39-38(30-32)41(48)43(58-39)36-24-16-17-25-37(36)45-51-53-55(52-45)47(33-18-10-7-11-19-33,34-20-12-8-13-21-34)35-22-14-9-15-23-35/h7-25,27-28,30H,3-6,26,29,31H2,1-2H3. The summed E-state index contributed by atoms with van der Waals surface area (Å²) in [5.41, 5.74) is 5.57. The molecule has 0 amide bonds. The van der Waals surface area contributed by atoms with Crippen molar-refractivity contribution in [3.05, 3.63) is 177 Å². The Kier molecular flexibility index (Phi) is 11.7. The number of rotatable bonds is 15. The molecule has 292 valence electrons. The van der Waals surface area contributed by atoms with Crippen molar-refractivity contribution < 1.29 is 13.9 Å². The summed E-state index contributed by atoms with van der Waals surface area (Å²) >= 11 is 10.5. The molecule has 0 N–H and O–H groups in total. The molecule has 0 saturated heterocycles. The molecule has 0 spiro atoms. The van der Waals surface area contributed by atoms with Gasteiger partial charge in [-0.05, 0) is 68.4 Å². The lowest BCUT2D eigenvalue weighted by molar-refractivity contribution is 0.0487. The Hall–Kier alpha value is -5.84. The lowest BCUT2D eigenvalue weighted by atomic mass is 9.77. The van der Waals surface area contributed by atoms with E-state index in [9.17, 15) is 4.79 Å². The number of hydrogen-bond donors (Lipinski definition) is 0. The third kappa shape index (κ3) is 7.38. The minimum absolute atomic E-state index is 0.163. The third-order valence-electron chi connectivity index (χ3n) is 10.4. The van der Waals surface area contributed by atoms with Gasteiger partial charge in [-0.15, -0.1) is 15.0 Å². The van der Waals surface area contributed by atoms with Gasteiger partial charge in [0.15, 0.2) is 16.4 Å². The molecule has 8 rings (SSSR count). The Morgan fingerprint density at radius 1 is 0.793 bits per heavy atom. The molecule has 0 fully saturated rings. The number of aromatic nitrogens is 6. The number of fused-ring (bicyclic) bond motifs is 1. The van der Waals surface area contributed by atoms with Gasteiger partial charge in [-0.2, -0.15) is 0 Å². The molecule has 0 unspecified atom stereocenters. The highest BCUT2D eigenvalue weighted by molar-refractivity contribution is 9.10. The normalized spacial score (nSPS) is 11.7. The second-order valence-corrected chi connectivity index (χ2v) is 15.3. The Bertz CT molecular complexity index is 2560. The maximum atomic E-state index is 13.3. The van der Waals surface area contributed by atoms with Crippen LogP contribution in [0.4, 0.5) is 0 Å². The van der Waals surface area contributed by atoms with Crippen LogP contribution in [0.1, 0.15) is 78.1 Å². The second-order valence-electron chi connectivity index (χ2n) is 14.2. The molecule has 11 heteroatoms. The molecule has 9 nitrogen and oxygen atoms in total. The number of unbranched alkanes of at least 4 members (excludes halogenated alkanes) is 2. The van der Waals surface area contributed by atoms with Crippen molar-refractivity contribution in [2.75, 3.05) is 6.61 Å². The molecular formula is C47H42BrClN6O3. The molecule has 0 aliphatic carbocycles. The van der Waals surface area contributed by atoms with Crippen LogP contribution in [0.3, 0.4) is 0 Å². The van der Waals surface area contributed by atoms with E-state index >= 15 is 0 Å². The first kappa shape index (κ1) is 39.0. The zero-order chi connectivity index (χ0) is 40.1. The molecule has 8 aromatic rings. The van der Waals surface area contributed by atoms with Crippen molar-refractivity contribution >= 4 is 44.5 Å². The maximum absolute atomic E-state index is 13.3. The minimum atomic E-state index is -0.914. The molecule has 3 heterocycles. The lowest BCUT2D eigenvalue weighted by Crippen LogP contribution is -2.39. The number of benzene rings is 5. The van der Waals surface area contributed by atoms with Gasteiger partial charge in [0.2, 0.25) is 5.82 Å². The monoisotopic (exact) mass is 852 g/mol. The maximum Gasteiger partial charge on any atom is 0.358 e. The van der Waals surface area contributed by atoms with E-state index in [0.717, 1.165) is 74.7 Å². The Labute approximate surface area is 350 Å². The summed E-state index contributed by atoms with van der Waals surface area (Å²) in [6.45, 7) is 4.90. The first-order chi connectivity index (χ1) is 28.4. The first-order valence-electron chi connectivity index (χ1n) is 19.6. The van der Waals surface area contributed by atoms with Crippen LogP contribution >= 0.6 is 27.5 Å². The van der Waals surface area contributed by atoms with E-state index in [1.54, 1.807) is 4.80 Å². The summed E-state index contributed by atoms with van der Waals surface area (Å²) < 4.78 is 14.9. The third-order valence-corrected chi connectivity index (χ3v) is 11.5. The van der Waals surface area contributed by atoms with E-state index in [4.69, 9.17) is 36.2 Å². The summed E-state index contributed by atoms with van der Waals surface area (Å²) in [5.74, 6) is 1.38. The number of aryl methyl sites for hydroxylation is 1. The highest BCUT2D eigenvalue weighted by atomic mass is 79.9. The van der Waals surface area contributed by atoms with E-state index < -0.39 is 11.5 Å². The van der Waals surface area contributed by atoms with Crippen LogP contribution < -0.4 is 0 Å². The number of ether oxygens (including phenoxy) is 1. The Morgan fingerprint density at radius 2 is 1.40 bits per heavy atom. The van der Waals surface area contributed by atoms with Crippen molar-refractivity contribution in [3.8, 4) is 22.7 Å². The molecule has 0 radical (unpaired) electrons. The summed E-state index contributed by atoms with van der Waals surface area (Å²) in [4.78, 5) is 19.6. The van der Waals surface area contributed by atoms with Crippen molar-refractivity contribution in [1.82, 2.24) is 29.8 Å². The number of tetrazole rings is 1. The zero-order valence-electron chi connectivity index (χ0n) is 32.3. The smallest absolute Gasteiger partial charge is 0.358 e. The number of furan rings is 1. The molecule has 0 aliphatic heterocycles. The summed E-state index contributed by atoms with van der Waals surface area (Å²) in [5, 5.41) is 15.7. The number of nitrogens with zero attached hydrogens (tertiary/aromatic N) is 6. The first-order valence-corrected chi connectivity index (χ1v) is 20.8. The second kappa shape index (κ2) is 17.3. The van der Waals surface area contributed by atoms with Crippen LogP contribution in [0.15, 0.2) is 142 Å². The minimum Gasteiger partial charge on any atom is -0.461 e. The van der Waals surface area contributed by atoms with Gasteiger partial charge in [0, 0.05) is 29.5 Å². The van der Waals surface area contributed by atoms with E-state index in [0.29, 0.717) is 36.7 Å². The summed E-state index contributed by atoms with van der Waals surface area (Å²) in [6, 6.07) is 44.8. The van der Waals surface area contributed by atoms with Gasteiger partial charge in [-0.25, -0.2) is 9.78 Å². The van der Waals surface area contributed by atoms with Crippen LogP contribution in [0.25, 0.3) is 33.7 Å². The zero-order valence-corrected chi connectivity index (χ0v) is 34.7. The fourth-order valence-corrected chi connectivity index (χ4v) is 8.41. The number of imidazole rings is 1. The van der Waals surface area contributed by atoms with Crippen LogP contribution in [-0.4, -0.2) is 42.3 Å². The molecule has 0 saturated carbocycles. The number of esters is 1. The van der Waals surface area contributed by atoms with Gasteiger partial charge < -0.3 is 13.7 Å². The average Bonchev–Trinajstić information content (AvgIpc) is 3.97. The Balaban J connectivity index is 1.19. The van der Waals surface area contributed by atoms with E-state index in [-0.39, 0.29) is 10.8 Å². The van der Waals surface area contributed by atoms with Crippen LogP contribution in [0.5, 0.6) is 0 Å². The fourth-order valence-electron chi connectivity index (χ4n) is 7.53. The van der Waals surface area contributed by atoms with Crippen molar-refractivity contribution in [2.24, 2.45) is 0 Å². The van der Waals surface area contributed by atoms with Gasteiger partial charge >= 0.3 is 5.97 Å². The van der Waals surface area contributed by atoms with Gasteiger partial charge in [0.25, 0.3) is 0 Å². The number of halogens is 2. The number of carbonyl (C=O) groups is 1. The van der Waals surface area contributed by atoms with Gasteiger partial charge in [0.1, 0.15) is 17.2 Å². The van der Waals surface area contributed by atoms with Gasteiger partial charge in [0.05, 0.1) is 11.1 Å². The number of carbonyl (C=O) groups excluding carboxylic acids is 1. The predicted octanol–water partition coefficient (Wildman–Crippen LogP) is 11.6. The fraction of sp³-hybridized carbons (Fsp3) is 0.213. The lowest BCUT2D eigenvalue weighted by Gasteiger charge is -2.34. The molecule has 5 aromatic carbocycles. The molecular weight excluding hydrogens is 812 g/mol. The largest absolute Gasteiger partial charge is 0.461 e. The van der Waals surface area contributed by atoms with Crippen molar-refractivity contribution in [2.45, 2.75) is 58.0 Å². The van der Waals surface area contributed by atoms with Gasteiger partial charge in [-0.3, -0.25) is 0 Å². The van der Waals surface area contributed by atoms with Gasteiger partial charge in [-0.1, -0.05) is 160 Å². The van der Waals surface area contributed by atoms with Crippen molar-refractivity contribution in [1.29, 1.82) is 0 Å². The van der Waals surface area contributed by atoms with E-state index in [1.165, 1.54) is 0 Å². The van der Waals surface area contributed by atoms with Crippen LogP contribution in [0, 0.1) is 0 Å². The van der Waals surface area contributed by atoms with Crippen LogP contribution in [-0.2, 0) is 23.2 Å². The average molecular weight is 854 g/mol. The topological polar surface area (TPSA) is 101 Å². The van der Waals surface area contributed by atoms with E-state index in [1.807, 2.05) is 95.6 Å². The Morgan fingerprint density at radius 3 is 2.02 bits per heavy atom. The highest BCUT2D eigenvalue weighted by Crippen LogP contribution is 2.43. The summed E-state index contributed by atoms with van der Waals surface area (Å²) in [7, 11) is 0. The molecule has 0 atom stereocenters. The van der Waals surface area contributed by atoms with Crippen LogP contribution in [0.2, 0.25) is 5.15 Å². The van der Waals surface area contributed by atoms with E-state index in [2.05, 4.69) is 77.2 Å². The van der Waals surface area contributed by atoms with Crippen molar-refractivity contribution in [3.63, 3.8) is 0 Å². The predicted molar refractivity (Wildman–Crippen MR) is 231 cm³/mol. The molecule has 3 aromatic heterocycles. The molecule has 0 aliphatic rings. The molecule has 58 heavy (non-hydrogen) atoms. The highest BCUT2D eigenvalue weighted by Gasteiger charge is 2.41. The SMILES string of the molecule is CCCCOC(=O)c1c(Cl)nc(CCCC)n1Cc1ccc2oc(-c3ccccc3-c3nnn(C(c4ccccc4)(c4ccccc4)c4ccccc4)n3)c(Br)c2c1.